The fraction of sp³-hybridized carbons (Fsp3) is 0.414. The molecule has 3 aromatic rings. The van der Waals surface area contributed by atoms with E-state index in [1.54, 1.807) is 41.5 Å². The van der Waals surface area contributed by atoms with Gasteiger partial charge in [-0.15, -0.1) is 0 Å². The summed E-state index contributed by atoms with van der Waals surface area (Å²) >= 11 is 0. The highest BCUT2D eigenvalue weighted by Crippen LogP contribution is 2.31. The van der Waals surface area contributed by atoms with Gasteiger partial charge in [0.25, 0.3) is 0 Å². The zero-order valence-corrected chi connectivity index (χ0v) is 22.2. The number of ether oxygens (including phenoxy) is 2. The summed E-state index contributed by atoms with van der Waals surface area (Å²) in [6.45, 7) is 16.5. The summed E-state index contributed by atoms with van der Waals surface area (Å²) < 4.78 is 13.2. The number of aliphatic imine (C=N–C) groups is 1. The van der Waals surface area contributed by atoms with Crippen LogP contribution >= 0.6 is 0 Å². The number of para-hydroxylation sites is 2. The standard InChI is InChI=1S/C29H36N2O4/c1-27(2,3)30-25(21(26(33)35-29(7,8)9)18-24(32)34-28(4,5)6)31-22-16-12-10-14-19(22)20-15-11-13-17-23(20)31/h10-18H,1-9H3/b21-18+,30-25?. The predicted molar refractivity (Wildman–Crippen MR) is 142 cm³/mol. The first-order valence-electron chi connectivity index (χ1n) is 11.8. The van der Waals surface area contributed by atoms with Crippen LogP contribution in [0.15, 0.2) is 65.2 Å². The van der Waals surface area contributed by atoms with Gasteiger partial charge >= 0.3 is 11.9 Å². The molecule has 6 heteroatoms. The Morgan fingerprint density at radius 1 is 0.743 bits per heavy atom. The molecule has 0 bridgehead atoms. The fourth-order valence-electron chi connectivity index (χ4n) is 3.70. The fourth-order valence-corrected chi connectivity index (χ4v) is 3.70. The van der Waals surface area contributed by atoms with Crippen LogP contribution in [0.1, 0.15) is 62.3 Å². The molecule has 186 valence electrons. The third kappa shape index (κ3) is 6.59. The zero-order chi connectivity index (χ0) is 26.2. The molecular weight excluding hydrogens is 440 g/mol. The topological polar surface area (TPSA) is 69.9 Å². The summed E-state index contributed by atoms with van der Waals surface area (Å²) in [6.07, 6.45) is 1.20. The second-order valence-corrected chi connectivity index (χ2v) is 11.6. The number of benzene rings is 2. The number of esters is 2. The molecule has 0 aliphatic carbocycles. The molecule has 0 saturated heterocycles. The van der Waals surface area contributed by atoms with E-state index in [4.69, 9.17) is 14.5 Å². The first-order valence-corrected chi connectivity index (χ1v) is 11.8. The van der Waals surface area contributed by atoms with Gasteiger partial charge in [0, 0.05) is 16.8 Å². The molecule has 0 saturated carbocycles. The Morgan fingerprint density at radius 2 is 1.20 bits per heavy atom. The Labute approximate surface area is 207 Å². The number of fused-ring (bicyclic) bond motifs is 3. The van der Waals surface area contributed by atoms with Crippen molar-refractivity contribution in [2.24, 2.45) is 4.99 Å². The van der Waals surface area contributed by atoms with E-state index >= 15 is 0 Å². The van der Waals surface area contributed by atoms with E-state index in [0.717, 1.165) is 21.8 Å². The molecular formula is C29H36N2O4. The van der Waals surface area contributed by atoms with Crippen molar-refractivity contribution in [2.75, 3.05) is 0 Å². The van der Waals surface area contributed by atoms with E-state index in [0.29, 0.717) is 5.84 Å². The highest BCUT2D eigenvalue weighted by molar-refractivity contribution is 6.27. The lowest BCUT2D eigenvalue weighted by molar-refractivity contribution is -0.152. The van der Waals surface area contributed by atoms with E-state index in [9.17, 15) is 9.59 Å². The molecule has 0 fully saturated rings. The molecule has 6 nitrogen and oxygen atoms in total. The van der Waals surface area contributed by atoms with Crippen molar-refractivity contribution in [2.45, 2.75) is 79.1 Å². The Kier molecular flexibility index (Phi) is 6.98. The Bertz CT molecular complexity index is 1270. The van der Waals surface area contributed by atoms with E-state index in [2.05, 4.69) is 0 Å². The Morgan fingerprint density at radius 3 is 1.63 bits per heavy atom. The molecule has 2 aromatic carbocycles. The van der Waals surface area contributed by atoms with Crippen LogP contribution in [0.5, 0.6) is 0 Å². The molecule has 0 aliphatic rings. The monoisotopic (exact) mass is 476 g/mol. The Hall–Kier alpha value is -3.41. The van der Waals surface area contributed by atoms with E-state index in [1.165, 1.54) is 6.08 Å². The van der Waals surface area contributed by atoms with E-state index in [-0.39, 0.29) is 5.57 Å². The maximum absolute atomic E-state index is 13.6. The number of hydrogen-bond donors (Lipinski definition) is 0. The molecule has 0 N–H and O–H groups in total. The molecule has 0 amide bonds. The molecule has 35 heavy (non-hydrogen) atoms. The van der Waals surface area contributed by atoms with E-state index in [1.807, 2.05) is 73.9 Å². The van der Waals surface area contributed by atoms with Crippen LogP contribution in [0.2, 0.25) is 0 Å². The van der Waals surface area contributed by atoms with Gasteiger partial charge in [-0.25, -0.2) is 9.59 Å². The Balaban J connectivity index is 2.38. The summed E-state index contributed by atoms with van der Waals surface area (Å²) in [5.41, 5.74) is -0.267. The first-order chi connectivity index (χ1) is 16.1. The smallest absolute Gasteiger partial charge is 0.342 e. The van der Waals surface area contributed by atoms with Gasteiger partial charge in [0.15, 0.2) is 0 Å². The summed E-state index contributed by atoms with van der Waals surface area (Å²) in [4.78, 5) is 31.5. The molecule has 3 rings (SSSR count). The molecule has 1 heterocycles. The van der Waals surface area contributed by atoms with Gasteiger partial charge in [0.05, 0.1) is 16.6 Å². The van der Waals surface area contributed by atoms with Gasteiger partial charge in [-0.1, -0.05) is 36.4 Å². The van der Waals surface area contributed by atoms with Crippen LogP contribution in [0.3, 0.4) is 0 Å². The number of aromatic nitrogens is 1. The van der Waals surface area contributed by atoms with Gasteiger partial charge < -0.3 is 9.47 Å². The number of hydrogen-bond acceptors (Lipinski definition) is 5. The largest absolute Gasteiger partial charge is 0.457 e. The lowest BCUT2D eigenvalue weighted by Crippen LogP contribution is -2.32. The third-order valence-electron chi connectivity index (χ3n) is 4.76. The van der Waals surface area contributed by atoms with Gasteiger partial charge in [-0.3, -0.25) is 9.56 Å². The highest BCUT2D eigenvalue weighted by Gasteiger charge is 2.30. The van der Waals surface area contributed by atoms with Crippen molar-refractivity contribution in [3.05, 3.63) is 60.2 Å². The molecule has 0 atom stereocenters. The second-order valence-electron chi connectivity index (χ2n) is 11.6. The van der Waals surface area contributed by atoms with Crippen molar-refractivity contribution in [3.63, 3.8) is 0 Å². The second kappa shape index (κ2) is 9.33. The predicted octanol–water partition coefficient (Wildman–Crippen LogP) is 6.45. The van der Waals surface area contributed by atoms with Crippen molar-refractivity contribution in [1.82, 2.24) is 4.57 Å². The minimum absolute atomic E-state index is 0.0376. The van der Waals surface area contributed by atoms with Crippen LogP contribution in [-0.2, 0) is 19.1 Å². The maximum Gasteiger partial charge on any atom is 0.342 e. The molecule has 0 unspecified atom stereocenters. The van der Waals surface area contributed by atoms with Crippen LogP contribution in [0.25, 0.3) is 21.8 Å². The van der Waals surface area contributed by atoms with Crippen molar-refractivity contribution in [1.29, 1.82) is 0 Å². The van der Waals surface area contributed by atoms with E-state index < -0.39 is 28.7 Å². The van der Waals surface area contributed by atoms with Crippen molar-refractivity contribution in [3.8, 4) is 0 Å². The molecule has 1 aromatic heterocycles. The van der Waals surface area contributed by atoms with Gasteiger partial charge in [-0.2, -0.15) is 0 Å². The molecule has 0 radical (unpaired) electrons. The summed E-state index contributed by atoms with van der Waals surface area (Å²) in [5, 5.41) is 2.04. The molecule has 0 aliphatic heterocycles. The number of nitrogens with zero attached hydrogens (tertiary/aromatic N) is 2. The zero-order valence-electron chi connectivity index (χ0n) is 22.2. The third-order valence-corrected chi connectivity index (χ3v) is 4.76. The minimum Gasteiger partial charge on any atom is -0.457 e. The number of rotatable bonds is 3. The van der Waals surface area contributed by atoms with Crippen LogP contribution in [0.4, 0.5) is 0 Å². The van der Waals surface area contributed by atoms with Crippen LogP contribution < -0.4 is 0 Å². The minimum atomic E-state index is -0.766. The normalized spacial score (nSPS) is 13.9. The average molecular weight is 477 g/mol. The summed E-state index contributed by atoms with van der Waals surface area (Å²) in [7, 11) is 0. The van der Waals surface area contributed by atoms with Gasteiger partial charge in [0.1, 0.15) is 22.6 Å². The lowest BCUT2D eigenvalue weighted by Gasteiger charge is -2.24. The summed E-state index contributed by atoms with van der Waals surface area (Å²) in [5.74, 6) is -0.955. The first kappa shape index (κ1) is 26.2. The molecule has 0 spiro atoms. The van der Waals surface area contributed by atoms with Gasteiger partial charge in [-0.05, 0) is 74.4 Å². The SMILES string of the molecule is CC(C)(C)N=C(/C(=C\C(=O)OC(C)(C)C)C(=O)OC(C)(C)C)n1c2ccccc2c2ccccc21. The van der Waals surface area contributed by atoms with Gasteiger partial charge in [0.2, 0.25) is 0 Å². The van der Waals surface area contributed by atoms with Crippen LogP contribution in [0, 0.1) is 0 Å². The van der Waals surface area contributed by atoms with Crippen LogP contribution in [-0.4, -0.2) is 39.1 Å². The summed E-state index contributed by atoms with van der Waals surface area (Å²) in [6, 6.07) is 15.9. The van der Waals surface area contributed by atoms with Crippen molar-refractivity contribution < 1.29 is 19.1 Å². The van der Waals surface area contributed by atoms with Crippen molar-refractivity contribution >= 4 is 39.6 Å². The lowest BCUT2D eigenvalue weighted by atomic mass is 10.1. The quantitative estimate of drug-likeness (QED) is 0.189. The number of carbonyl (C=O) groups is 2. The number of carbonyl (C=O) groups excluding carboxylic acids is 2. The average Bonchev–Trinajstić information content (AvgIpc) is 3.01. The maximum atomic E-state index is 13.6. The highest BCUT2D eigenvalue weighted by atomic mass is 16.6.